The van der Waals surface area contributed by atoms with Crippen LogP contribution >= 0.6 is 34.0 Å². The Morgan fingerprint density at radius 1 is 0.625 bits per heavy atom. The molecule has 2 rings (SSSR count). The van der Waals surface area contributed by atoms with E-state index in [1.54, 1.807) is 0 Å². The zero-order chi connectivity index (χ0) is 9.64. The molecule has 0 aromatic rings. The highest BCUT2D eigenvalue weighted by molar-refractivity contribution is 8.93. The smallest absolute Gasteiger partial charge is 0.0602 e. The van der Waals surface area contributed by atoms with Gasteiger partial charge in [0.25, 0.3) is 0 Å². The molecule has 0 aliphatic carbocycles. The van der Waals surface area contributed by atoms with Crippen LogP contribution in [-0.4, -0.2) is 49.1 Å². The lowest BCUT2D eigenvalue weighted by atomic mass is 10.4. The summed E-state index contributed by atoms with van der Waals surface area (Å²) in [5, 5.41) is 0. The van der Waals surface area contributed by atoms with Gasteiger partial charge < -0.3 is 0 Å². The molecule has 94 valence electrons. The standard InChI is InChI=1S/C12H20N2.2BrH/c1-2-8-13(7-1)11-5-6-12-14-9-3-4-10-14;;/h1-4,7-12H2;2*1H. The van der Waals surface area contributed by atoms with Crippen LogP contribution < -0.4 is 0 Å². The van der Waals surface area contributed by atoms with Gasteiger partial charge >= 0.3 is 0 Å². The quantitative estimate of drug-likeness (QED) is 0.703. The van der Waals surface area contributed by atoms with Crippen LogP contribution in [0.4, 0.5) is 0 Å². The number of rotatable bonds is 2. The minimum Gasteiger partial charge on any atom is -0.292 e. The van der Waals surface area contributed by atoms with Gasteiger partial charge in [-0.1, -0.05) is 11.8 Å². The van der Waals surface area contributed by atoms with E-state index in [4.69, 9.17) is 0 Å². The fourth-order valence-electron chi connectivity index (χ4n) is 2.22. The molecule has 0 amide bonds. The Kier molecular flexibility index (Phi) is 9.73. The van der Waals surface area contributed by atoms with Crippen LogP contribution in [0.3, 0.4) is 0 Å². The van der Waals surface area contributed by atoms with Crippen LogP contribution in [0, 0.1) is 11.8 Å². The van der Waals surface area contributed by atoms with E-state index >= 15 is 0 Å². The molecule has 2 fully saturated rings. The van der Waals surface area contributed by atoms with Crippen molar-refractivity contribution in [2.45, 2.75) is 25.7 Å². The summed E-state index contributed by atoms with van der Waals surface area (Å²) in [7, 11) is 0. The lowest BCUT2D eigenvalue weighted by Crippen LogP contribution is -2.21. The highest BCUT2D eigenvalue weighted by Gasteiger charge is 2.10. The second-order valence-electron chi connectivity index (χ2n) is 4.32. The summed E-state index contributed by atoms with van der Waals surface area (Å²) >= 11 is 0. The Balaban J connectivity index is 0.00000112. The van der Waals surface area contributed by atoms with E-state index in [0.717, 1.165) is 13.1 Å². The Labute approximate surface area is 120 Å². The number of hydrogen-bond donors (Lipinski definition) is 0. The zero-order valence-electron chi connectivity index (χ0n) is 9.78. The Bertz CT molecular complexity index is 201. The first-order valence-corrected chi connectivity index (χ1v) is 5.85. The summed E-state index contributed by atoms with van der Waals surface area (Å²) in [6, 6.07) is 0. The van der Waals surface area contributed by atoms with Crippen LogP contribution in [0.2, 0.25) is 0 Å². The highest BCUT2D eigenvalue weighted by atomic mass is 79.9. The molecular formula is C12H22Br2N2. The van der Waals surface area contributed by atoms with Gasteiger partial charge in [0.15, 0.2) is 0 Å². The predicted molar refractivity (Wildman–Crippen MR) is 79.8 cm³/mol. The summed E-state index contributed by atoms with van der Waals surface area (Å²) in [6.45, 7) is 7.04. The van der Waals surface area contributed by atoms with Gasteiger partial charge in [0, 0.05) is 0 Å². The molecule has 0 N–H and O–H groups in total. The van der Waals surface area contributed by atoms with Gasteiger partial charge in [0.1, 0.15) is 0 Å². The van der Waals surface area contributed by atoms with Crippen LogP contribution in [0.15, 0.2) is 0 Å². The lowest BCUT2D eigenvalue weighted by molar-refractivity contribution is 0.377. The van der Waals surface area contributed by atoms with E-state index in [-0.39, 0.29) is 34.0 Å². The number of halogens is 2. The van der Waals surface area contributed by atoms with Crippen molar-refractivity contribution in [1.29, 1.82) is 0 Å². The zero-order valence-corrected chi connectivity index (χ0v) is 13.2. The normalized spacial score (nSPS) is 20.8. The maximum Gasteiger partial charge on any atom is 0.0602 e. The van der Waals surface area contributed by atoms with E-state index < -0.39 is 0 Å². The molecule has 0 spiro atoms. The minimum atomic E-state index is 0. The summed E-state index contributed by atoms with van der Waals surface area (Å²) in [6.07, 6.45) is 5.48. The first kappa shape index (κ1) is 16.4. The van der Waals surface area contributed by atoms with Crippen molar-refractivity contribution in [3.05, 3.63) is 0 Å². The molecule has 2 aliphatic rings. The van der Waals surface area contributed by atoms with Gasteiger partial charge in [0.2, 0.25) is 0 Å². The molecule has 0 unspecified atom stereocenters. The van der Waals surface area contributed by atoms with Gasteiger partial charge in [-0.25, -0.2) is 0 Å². The van der Waals surface area contributed by atoms with Crippen molar-refractivity contribution in [2.75, 3.05) is 39.3 Å². The van der Waals surface area contributed by atoms with Crippen LogP contribution in [0.25, 0.3) is 0 Å². The largest absolute Gasteiger partial charge is 0.292 e. The van der Waals surface area contributed by atoms with E-state index in [1.165, 1.54) is 51.9 Å². The van der Waals surface area contributed by atoms with Gasteiger partial charge in [-0.2, -0.15) is 0 Å². The average Bonchev–Trinajstić information content (AvgIpc) is 2.86. The van der Waals surface area contributed by atoms with E-state index in [9.17, 15) is 0 Å². The molecular weight excluding hydrogens is 332 g/mol. The Morgan fingerprint density at radius 3 is 1.25 bits per heavy atom. The molecule has 2 aliphatic heterocycles. The third-order valence-electron chi connectivity index (χ3n) is 3.13. The van der Waals surface area contributed by atoms with E-state index in [0.29, 0.717) is 0 Å². The molecule has 16 heavy (non-hydrogen) atoms. The Morgan fingerprint density at radius 2 is 0.938 bits per heavy atom. The van der Waals surface area contributed by atoms with E-state index in [2.05, 4.69) is 21.6 Å². The van der Waals surface area contributed by atoms with Crippen molar-refractivity contribution in [3.8, 4) is 11.8 Å². The number of nitrogens with zero attached hydrogens (tertiary/aromatic N) is 2. The first-order valence-electron chi connectivity index (χ1n) is 5.85. The van der Waals surface area contributed by atoms with Crippen molar-refractivity contribution in [1.82, 2.24) is 9.80 Å². The molecule has 0 saturated carbocycles. The first-order chi connectivity index (χ1) is 6.95. The molecule has 0 aromatic heterocycles. The minimum absolute atomic E-state index is 0. The fraction of sp³-hybridized carbons (Fsp3) is 0.833. The molecule has 2 heterocycles. The molecule has 0 atom stereocenters. The lowest BCUT2D eigenvalue weighted by Gasteiger charge is -2.10. The topological polar surface area (TPSA) is 6.48 Å². The van der Waals surface area contributed by atoms with Crippen LogP contribution in [0.1, 0.15) is 25.7 Å². The van der Waals surface area contributed by atoms with Gasteiger partial charge in [-0.05, 0) is 51.9 Å². The van der Waals surface area contributed by atoms with Crippen molar-refractivity contribution < 1.29 is 0 Å². The fourth-order valence-corrected chi connectivity index (χ4v) is 2.22. The van der Waals surface area contributed by atoms with Gasteiger partial charge in [-0.15, -0.1) is 34.0 Å². The summed E-state index contributed by atoms with van der Waals surface area (Å²) in [4.78, 5) is 4.91. The second-order valence-corrected chi connectivity index (χ2v) is 4.32. The second kappa shape index (κ2) is 9.47. The SMILES string of the molecule is Br.Br.C(#CCN1CCCC1)CN1CCCC1. The molecule has 0 bridgehead atoms. The summed E-state index contributed by atoms with van der Waals surface area (Å²) in [5.74, 6) is 6.58. The van der Waals surface area contributed by atoms with Crippen molar-refractivity contribution >= 4 is 34.0 Å². The predicted octanol–water partition coefficient (Wildman–Crippen LogP) is 2.34. The van der Waals surface area contributed by atoms with Crippen LogP contribution in [-0.2, 0) is 0 Å². The summed E-state index contributed by atoms with van der Waals surface area (Å²) < 4.78 is 0. The van der Waals surface area contributed by atoms with E-state index in [1.807, 2.05) is 0 Å². The molecule has 0 radical (unpaired) electrons. The monoisotopic (exact) mass is 352 g/mol. The third kappa shape index (κ3) is 5.67. The molecule has 2 nitrogen and oxygen atoms in total. The average molecular weight is 354 g/mol. The molecule has 2 saturated heterocycles. The van der Waals surface area contributed by atoms with Gasteiger partial charge in [0.05, 0.1) is 13.1 Å². The molecule has 4 heteroatoms. The number of hydrogen-bond acceptors (Lipinski definition) is 2. The van der Waals surface area contributed by atoms with Gasteiger partial charge in [-0.3, -0.25) is 9.80 Å². The Hall–Kier alpha value is 0.440. The maximum atomic E-state index is 3.29. The summed E-state index contributed by atoms with van der Waals surface area (Å²) in [5.41, 5.74) is 0. The third-order valence-corrected chi connectivity index (χ3v) is 3.13. The van der Waals surface area contributed by atoms with Crippen molar-refractivity contribution in [2.24, 2.45) is 0 Å². The highest BCUT2D eigenvalue weighted by Crippen LogP contribution is 2.06. The van der Waals surface area contributed by atoms with Crippen molar-refractivity contribution in [3.63, 3.8) is 0 Å². The van der Waals surface area contributed by atoms with Crippen LogP contribution in [0.5, 0.6) is 0 Å². The molecule has 0 aromatic carbocycles. The maximum absolute atomic E-state index is 3.29. The number of likely N-dealkylation sites (tertiary alicyclic amines) is 2.